The smallest absolute Gasteiger partial charge is 0.306 e. The first kappa shape index (κ1) is 20.1. The molecule has 7 nitrogen and oxygen atoms in total. The van der Waals surface area contributed by atoms with E-state index >= 15 is 0 Å². The molecule has 0 radical (unpaired) electrons. The molecule has 1 N–H and O–H groups in total. The molecular weight excluding hydrogens is 374 g/mol. The molecule has 28 heavy (non-hydrogen) atoms. The fraction of sp³-hybridized carbons (Fsp3) is 0.500. The van der Waals surface area contributed by atoms with E-state index in [9.17, 15) is 10.1 Å². The first-order chi connectivity index (χ1) is 13.3. The number of carbonyl (C=O) groups excluding carboxylic acids is 1. The number of ether oxygens (including phenoxy) is 1. The number of pyridine rings is 1. The average Bonchev–Trinajstić information content (AvgIpc) is 3.04. The predicted octanol–water partition coefficient (Wildman–Crippen LogP) is 4.10. The van der Waals surface area contributed by atoms with E-state index in [4.69, 9.17) is 4.74 Å². The number of rotatable bonds is 5. The van der Waals surface area contributed by atoms with Gasteiger partial charge in [0.25, 0.3) is 0 Å². The van der Waals surface area contributed by atoms with Crippen LogP contribution < -0.4 is 10.2 Å². The van der Waals surface area contributed by atoms with Crippen molar-refractivity contribution in [3.63, 3.8) is 0 Å². The summed E-state index contributed by atoms with van der Waals surface area (Å²) in [7, 11) is 0. The van der Waals surface area contributed by atoms with E-state index in [-0.39, 0.29) is 11.9 Å². The first-order valence-electron chi connectivity index (χ1n) is 9.40. The van der Waals surface area contributed by atoms with Crippen LogP contribution in [-0.4, -0.2) is 34.6 Å². The van der Waals surface area contributed by atoms with Gasteiger partial charge in [-0.25, -0.2) is 9.97 Å². The van der Waals surface area contributed by atoms with Crippen molar-refractivity contribution in [2.75, 3.05) is 23.3 Å². The molecule has 1 aliphatic rings. The van der Waals surface area contributed by atoms with E-state index in [1.54, 1.807) is 6.20 Å². The maximum Gasteiger partial charge on any atom is 0.306 e. The van der Waals surface area contributed by atoms with E-state index in [1.165, 1.54) is 11.3 Å². The Bertz CT molecular complexity index is 854. The molecule has 2 aromatic heterocycles. The maximum absolute atomic E-state index is 12.2. The molecule has 0 aromatic carbocycles. The van der Waals surface area contributed by atoms with Gasteiger partial charge in [0.15, 0.2) is 10.8 Å². The molecule has 1 unspecified atom stereocenters. The van der Waals surface area contributed by atoms with Crippen molar-refractivity contribution in [3.8, 4) is 6.07 Å². The summed E-state index contributed by atoms with van der Waals surface area (Å²) in [5, 5.41) is 14.1. The number of nitrogens with zero attached hydrogens (tertiary/aromatic N) is 4. The fourth-order valence-corrected chi connectivity index (χ4v) is 4.14. The van der Waals surface area contributed by atoms with E-state index in [2.05, 4.69) is 26.3 Å². The summed E-state index contributed by atoms with van der Waals surface area (Å²) in [6.07, 6.45) is 4.08. The SMILES string of the molecule is CC(C)(C)OC(=O)CC1CCCN(c2nc(C#N)c(Nc3ccccn3)s2)C1. The zero-order valence-electron chi connectivity index (χ0n) is 16.4. The zero-order valence-corrected chi connectivity index (χ0v) is 17.3. The molecule has 3 rings (SSSR count). The Kier molecular flexibility index (Phi) is 6.15. The van der Waals surface area contributed by atoms with Gasteiger partial charge in [-0.05, 0) is 51.7 Å². The molecule has 0 aliphatic carbocycles. The highest BCUT2D eigenvalue weighted by atomic mass is 32.1. The molecule has 1 fully saturated rings. The number of piperidine rings is 1. The van der Waals surface area contributed by atoms with Crippen molar-refractivity contribution in [2.45, 2.75) is 45.6 Å². The number of esters is 1. The quantitative estimate of drug-likeness (QED) is 0.757. The van der Waals surface area contributed by atoms with Crippen LogP contribution >= 0.6 is 11.3 Å². The molecule has 3 heterocycles. The van der Waals surface area contributed by atoms with Crippen LogP contribution in [0.1, 0.15) is 45.7 Å². The molecule has 0 spiro atoms. The molecule has 0 amide bonds. The van der Waals surface area contributed by atoms with Crippen molar-refractivity contribution < 1.29 is 9.53 Å². The number of anilines is 3. The maximum atomic E-state index is 12.2. The highest BCUT2D eigenvalue weighted by molar-refractivity contribution is 7.19. The lowest BCUT2D eigenvalue weighted by atomic mass is 9.95. The standard InChI is InChI=1S/C20H25N5O2S/c1-20(2,3)27-17(26)11-14-7-6-10-25(13-14)19-23-15(12-21)18(28-19)24-16-8-4-5-9-22-16/h4-5,8-9,14H,6-7,10-11,13H2,1-3H3,(H,22,24). The van der Waals surface area contributed by atoms with Crippen LogP contribution in [0, 0.1) is 17.2 Å². The summed E-state index contributed by atoms with van der Waals surface area (Å²) in [5.74, 6) is 0.745. The number of carbonyl (C=O) groups is 1. The summed E-state index contributed by atoms with van der Waals surface area (Å²) in [4.78, 5) is 23.1. The highest BCUT2D eigenvalue weighted by Crippen LogP contribution is 2.35. The topological polar surface area (TPSA) is 91.1 Å². The second-order valence-electron chi connectivity index (χ2n) is 7.87. The Balaban J connectivity index is 1.67. The second kappa shape index (κ2) is 8.57. The van der Waals surface area contributed by atoms with Crippen molar-refractivity contribution in [3.05, 3.63) is 30.1 Å². The number of aromatic nitrogens is 2. The number of hydrogen-bond donors (Lipinski definition) is 1. The minimum atomic E-state index is -0.464. The summed E-state index contributed by atoms with van der Waals surface area (Å²) in [6.45, 7) is 7.25. The lowest BCUT2D eigenvalue weighted by Crippen LogP contribution is -2.37. The van der Waals surface area contributed by atoms with Crippen LogP contribution in [0.15, 0.2) is 24.4 Å². The van der Waals surface area contributed by atoms with Gasteiger partial charge in [0.1, 0.15) is 22.5 Å². The van der Waals surface area contributed by atoms with Crippen LogP contribution in [0.25, 0.3) is 0 Å². The van der Waals surface area contributed by atoms with Crippen molar-refractivity contribution >= 4 is 33.3 Å². The molecule has 2 aromatic rings. The van der Waals surface area contributed by atoms with Gasteiger partial charge in [-0.15, -0.1) is 0 Å². The Morgan fingerprint density at radius 1 is 1.46 bits per heavy atom. The molecule has 0 saturated carbocycles. The summed E-state index contributed by atoms with van der Waals surface area (Å²) < 4.78 is 5.46. The lowest BCUT2D eigenvalue weighted by Gasteiger charge is -2.32. The van der Waals surface area contributed by atoms with Crippen molar-refractivity contribution in [1.29, 1.82) is 5.26 Å². The van der Waals surface area contributed by atoms with Gasteiger partial charge in [0, 0.05) is 19.3 Å². The third kappa shape index (κ3) is 5.42. The van der Waals surface area contributed by atoms with E-state index in [0.717, 1.165) is 31.1 Å². The molecule has 148 valence electrons. The van der Waals surface area contributed by atoms with Crippen LogP contribution in [0.4, 0.5) is 16.0 Å². The molecule has 1 saturated heterocycles. The van der Waals surface area contributed by atoms with Gasteiger partial charge in [-0.2, -0.15) is 5.26 Å². The molecule has 1 atom stereocenters. The number of thiazole rings is 1. The van der Waals surface area contributed by atoms with Crippen LogP contribution in [0.2, 0.25) is 0 Å². The average molecular weight is 400 g/mol. The molecule has 0 bridgehead atoms. The second-order valence-corrected chi connectivity index (χ2v) is 8.85. The summed E-state index contributed by atoms with van der Waals surface area (Å²) in [6, 6.07) is 7.72. The minimum absolute atomic E-state index is 0.159. The van der Waals surface area contributed by atoms with Gasteiger partial charge < -0.3 is 15.0 Å². The van der Waals surface area contributed by atoms with Crippen molar-refractivity contribution in [1.82, 2.24) is 9.97 Å². The third-order valence-electron chi connectivity index (χ3n) is 4.29. The van der Waals surface area contributed by atoms with E-state index < -0.39 is 5.60 Å². The Hall–Kier alpha value is -2.66. The highest BCUT2D eigenvalue weighted by Gasteiger charge is 2.27. The lowest BCUT2D eigenvalue weighted by molar-refractivity contribution is -0.156. The minimum Gasteiger partial charge on any atom is -0.460 e. The van der Waals surface area contributed by atoms with Crippen LogP contribution in [-0.2, 0) is 9.53 Å². The fourth-order valence-electron chi connectivity index (χ4n) is 3.18. The van der Waals surface area contributed by atoms with Gasteiger partial charge in [-0.1, -0.05) is 17.4 Å². The molecule has 8 heteroatoms. The van der Waals surface area contributed by atoms with Gasteiger partial charge in [0.2, 0.25) is 0 Å². The van der Waals surface area contributed by atoms with Gasteiger partial charge in [0.05, 0.1) is 6.42 Å². The third-order valence-corrected chi connectivity index (χ3v) is 5.32. The number of nitriles is 1. The Morgan fingerprint density at radius 3 is 2.96 bits per heavy atom. The Morgan fingerprint density at radius 2 is 2.29 bits per heavy atom. The number of hydrogen-bond acceptors (Lipinski definition) is 8. The van der Waals surface area contributed by atoms with Crippen LogP contribution in [0.3, 0.4) is 0 Å². The Labute approximate surface area is 169 Å². The first-order valence-corrected chi connectivity index (χ1v) is 10.2. The number of nitrogens with one attached hydrogen (secondary N) is 1. The van der Waals surface area contributed by atoms with E-state index in [0.29, 0.717) is 22.9 Å². The van der Waals surface area contributed by atoms with Crippen LogP contribution in [0.5, 0.6) is 0 Å². The monoisotopic (exact) mass is 399 g/mol. The zero-order chi connectivity index (χ0) is 20.1. The summed E-state index contributed by atoms with van der Waals surface area (Å²) in [5.41, 5.74) is -0.103. The molecule has 1 aliphatic heterocycles. The van der Waals surface area contributed by atoms with Gasteiger partial charge in [-0.3, -0.25) is 4.79 Å². The van der Waals surface area contributed by atoms with Crippen molar-refractivity contribution in [2.24, 2.45) is 5.92 Å². The molecular formula is C20H25N5O2S. The van der Waals surface area contributed by atoms with Gasteiger partial charge >= 0.3 is 5.97 Å². The normalized spacial score (nSPS) is 17.1. The summed E-state index contributed by atoms with van der Waals surface area (Å²) >= 11 is 1.44. The van der Waals surface area contributed by atoms with E-state index in [1.807, 2.05) is 39.0 Å². The predicted molar refractivity (Wildman–Crippen MR) is 110 cm³/mol. The largest absolute Gasteiger partial charge is 0.460 e.